The molecule has 0 aromatic carbocycles. The van der Waals surface area contributed by atoms with E-state index >= 15 is 0 Å². The number of unbranched alkanes of at least 4 members (excludes halogenated alkanes) is 1. The van der Waals surface area contributed by atoms with Gasteiger partial charge in [0.2, 0.25) is 0 Å². The van der Waals surface area contributed by atoms with E-state index in [4.69, 9.17) is 12.2 Å². The predicted octanol–water partition coefficient (Wildman–Crippen LogP) is 3.93. The topological polar surface area (TPSA) is 3.24 Å². The first-order chi connectivity index (χ1) is 6.76. The standard InChI is InChI=1S/C11H23NS2/c1-4-7-10-14-11(13)12(8-5-2)9-6-3/h4-10H2,1-3H3. The third kappa shape index (κ3) is 6.66. The summed E-state index contributed by atoms with van der Waals surface area (Å²) < 4.78 is 1.10. The largest absolute Gasteiger partial charge is 0.358 e. The molecule has 0 bridgehead atoms. The van der Waals surface area contributed by atoms with Crippen molar-refractivity contribution in [1.29, 1.82) is 0 Å². The minimum atomic E-state index is 1.10. The highest BCUT2D eigenvalue weighted by molar-refractivity contribution is 8.22. The van der Waals surface area contributed by atoms with E-state index in [0.29, 0.717) is 0 Å². The van der Waals surface area contributed by atoms with Gasteiger partial charge in [-0.05, 0) is 19.3 Å². The third-order valence-electron chi connectivity index (χ3n) is 1.97. The van der Waals surface area contributed by atoms with E-state index < -0.39 is 0 Å². The fourth-order valence-corrected chi connectivity index (χ4v) is 2.63. The van der Waals surface area contributed by atoms with E-state index in [0.717, 1.165) is 17.4 Å². The number of thiocarbonyl (C=S) groups is 1. The summed E-state index contributed by atoms with van der Waals surface area (Å²) in [4.78, 5) is 2.34. The lowest BCUT2D eigenvalue weighted by atomic mass is 10.4. The van der Waals surface area contributed by atoms with Crippen molar-refractivity contribution >= 4 is 28.3 Å². The maximum atomic E-state index is 5.41. The third-order valence-corrected chi connectivity index (χ3v) is 3.58. The van der Waals surface area contributed by atoms with Crippen molar-refractivity contribution in [3.63, 3.8) is 0 Å². The zero-order valence-corrected chi connectivity index (χ0v) is 11.3. The molecule has 0 unspecified atom stereocenters. The van der Waals surface area contributed by atoms with Gasteiger partial charge in [-0.15, -0.1) is 0 Å². The molecular weight excluding hydrogens is 210 g/mol. The van der Waals surface area contributed by atoms with Crippen molar-refractivity contribution in [1.82, 2.24) is 4.90 Å². The first kappa shape index (κ1) is 14.2. The molecule has 14 heavy (non-hydrogen) atoms. The van der Waals surface area contributed by atoms with Gasteiger partial charge in [0.05, 0.1) is 0 Å². The molecule has 0 aliphatic heterocycles. The van der Waals surface area contributed by atoms with Crippen LogP contribution in [0.1, 0.15) is 46.5 Å². The van der Waals surface area contributed by atoms with Crippen LogP contribution in [0.3, 0.4) is 0 Å². The van der Waals surface area contributed by atoms with E-state index in [1.807, 2.05) is 11.8 Å². The second-order valence-electron chi connectivity index (χ2n) is 3.45. The Morgan fingerprint density at radius 3 is 2.07 bits per heavy atom. The molecule has 0 aliphatic rings. The molecule has 0 atom stereocenters. The van der Waals surface area contributed by atoms with E-state index in [2.05, 4.69) is 25.7 Å². The molecule has 0 N–H and O–H groups in total. The average Bonchev–Trinajstić information content (AvgIpc) is 2.18. The molecule has 0 radical (unpaired) electrons. The fraction of sp³-hybridized carbons (Fsp3) is 0.909. The molecule has 0 rings (SSSR count). The lowest BCUT2D eigenvalue weighted by Crippen LogP contribution is -2.29. The summed E-state index contributed by atoms with van der Waals surface area (Å²) in [7, 11) is 0. The monoisotopic (exact) mass is 233 g/mol. The summed E-state index contributed by atoms with van der Waals surface area (Å²) in [5.41, 5.74) is 0. The lowest BCUT2D eigenvalue weighted by Gasteiger charge is -2.23. The number of nitrogens with zero attached hydrogens (tertiary/aromatic N) is 1. The van der Waals surface area contributed by atoms with Gasteiger partial charge in [-0.1, -0.05) is 51.2 Å². The van der Waals surface area contributed by atoms with Crippen LogP contribution in [0.2, 0.25) is 0 Å². The van der Waals surface area contributed by atoms with E-state index in [9.17, 15) is 0 Å². The van der Waals surface area contributed by atoms with Crippen LogP contribution in [0.25, 0.3) is 0 Å². The summed E-state index contributed by atoms with van der Waals surface area (Å²) in [5.74, 6) is 1.18. The Bertz CT molecular complexity index is 142. The van der Waals surface area contributed by atoms with Crippen molar-refractivity contribution in [2.24, 2.45) is 0 Å². The highest BCUT2D eigenvalue weighted by Gasteiger charge is 2.07. The molecule has 0 aliphatic carbocycles. The maximum Gasteiger partial charge on any atom is 0.136 e. The Balaban J connectivity index is 3.76. The van der Waals surface area contributed by atoms with E-state index in [-0.39, 0.29) is 0 Å². The molecular formula is C11H23NS2. The maximum absolute atomic E-state index is 5.41. The SMILES string of the molecule is CCCCSC(=S)N(CCC)CCC. The van der Waals surface area contributed by atoms with Gasteiger partial charge in [0.25, 0.3) is 0 Å². The van der Waals surface area contributed by atoms with Crippen LogP contribution < -0.4 is 0 Å². The quantitative estimate of drug-likeness (QED) is 0.484. The highest BCUT2D eigenvalue weighted by atomic mass is 32.2. The zero-order chi connectivity index (χ0) is 10.8. The Morgan fingerprint density at radius 1 is 1.07 bits per heavy atom. The van der Waals surface area contributed by atoms with Gasteiger partial charge in [0, 0.05) is 18.8 Å². The molecule has 0 heterocycles. The minimum absolute atomic E-state index is 1.10. The van der Waals surface area contributed by atoms with Crippen LogP contribution in [0, 0.1) is 0 Å². The Hall–Kier alpha value is 0.240. The Kier molecular flexibility index (Phi) is 9.95. The molecule has 0 saturated carbocycles. The molecule has 1 nitrogen and oxygen atoms in total. The summed E-state index contributed by atoms with van der Waals surface area (Å²) in [5, 5.41) is 0. The van der Waals surface area contributed by atoms with Gasteiger partial charge in [-0.25, -0.2) is 0 Å². The molecule has 0 saturated heterocycles. The molecule has 0 aromatic rings. The fourth-order valence-electron chi connectivity index (χ4n) is 1.23. The van der Waals surface area contributed by atoms with E-state index in [1.165, 1.54) is 31.4 Å². The van der Waals surface area contributed by atoms with Crippen molar-refractivity contribution in [2.75, 3.05) is 18.8 Å². The zero-order valence-electron chi connectivity index (χ0n) is 9.71. The van der Waals surface area contributed by atoms with Gasteiger partial charge >= 0.3 is 0 Å². The van der Waals surface area contributed by atoms with Crippen LogP contribution >= 0.6 is 24.0 Å². The summed E-state index contributed by atoms with van der Waals surface area (Å²) in [6.07, 6.45) is 4.91. The number of hydrogen-bond acceptors (Lipinski definition) is 2. The van der Waals surface area contributed by atoms with Crippen molar-refractivity contribution in [3.05, 3.63) is 0 Å². The molecule has 0 aromatic heterocycles. The van der Waals surface area contributed by atoms with Crippen molar-refractivity contribution in [2.45, 2.75) is 46.5 Å². The van der Waals surface area contributed by atoms with Gasteiger partial charge in [-0.3, -0.25) is 0 Å². The van der Waals surface area contributed by atoms with Crippen LogP contribution in [0.5, 0.6) is 0 Å². The molecule has 0 fully saturated rings. The molecule has 0 spiro atoms. The Labute approximate surface area is 98.6 Å². The average molecular weight is 233 g/mol. The van der Waals surface area contributed by atoms with Crippen molar-refractivity contribution in [3.8, 4) is 0 Å². The van der Waals surface area contributed by atoms with Crippen LogP contribution in [-0.4, -0.2) is 28.1 Å². The second-order valence-corrected chi connectivity index (χ2v) is 5.18. The first-order valence-corrected chi connectivity index (χ1v) is 7.07. The first-order valence-electron chi connectivity index (χ1n) is 5.67. The predicted molar refractivity (Wildman–Crippen MR) is 72.1 cm³/mol. The van der Waals surface area contributed by atoms with Gasteiger partial charge < -0.3 is 4.90 Å². The summed E-state index contributed by atoms with van der Waals surface area (Å²) in [6, 6.07) is 0. The van der Waals surface area contributed by atoms with Crippen LogP contribution in [0.15, 0.2) is 0 Å². The van der Waals surface area contributed by atoms with Gasteiger partial charge in [0.1, 0.15) is 4.32 Å². The molecule has 3 heteroatoms. The van der Waals surface area contributed by atoms with Crippen LogP contribution in [0.4, 0.5) is 0 Å². The van der Waals surface area contributed by atoms with Gasteiger partial charge in [0.15, 0.2) is 0 Å². The molecule has 0 amide bonds. The second kappa shape index (κ2) is 9.78. The number of hydrogen-bond donors (Lipinski definition) is 0. The summed E-state index contributed by atoms with van der Waals surface area (Å²) in [6.45, 7) is 8.88. The highest BCUT2D eigenvalue weighted by Crippen LogP contribution is 2.12. The normalized spacial score (nSPS) is 10.2. The van der Waals surface area contributed by atoms with Crippen molar-refractivity contribution < 1.29 is 0 Å². The van der Waals surface area contributed by atoms with E-state index in [1.54, 1.807) is 0 Å². The number of rotatable bonds is 7. The Morgan fingerprint density at radius 2 is 1.64 bits per heavy atom. The van der Waals surface area contributed by atoms with Gasteiger partial charge in [-0.2, -0.15) is 0 Å². The minimum Gasteiger partial charge on any atom is -0.358 e. The smallest absolute Gasteiger partial charge is 0.136 e. The lowest BCUT2D eigenvalue weighted by molar-refractivity contribution is 0.430. The molecule has 84 valence electrons. The number of thioether (sulfide) groups is 1. The van der Waals surface area contributed by atoms with Crippen LogP contribution in [-0.2, 0) is 0 Å². The summed E-state index contributed by atoms with van der Waals surface area (Å²) >= 11 is 7.25.